The van der Waals surface area contributed by atoms with Crippen LogP contribution in [-0.2, 0) is 14.6 Å². The van der Waals surface area contributed by atoms with Crippen molar-refractivity contribution >= 4 is 21.8 Å². The normalized spacial score (nSPS) is 18.9. The lowest BCUT2D eigenvalue weighted by Crippen LogP contribution is -2.38. The van der Waals surface area contributed by atoms with Crippen LogP contribution in [0.15, 0.2) is 35.9 Å². The molecule has 22 heavy (non-hydrogen) atoms. The summed E-state index contributed by atoms with van der Waals surface area (Å²) in [5.41, 5.74) is 2.22. The zero-order chi connectivity index (χ0) is 16.2. The predicted molar refractivity (Wildman–Crippen MR) is 89.1 cm³/mol. The minimum absolute atomic E-state index is 0.0516. The number of hydrogen-bond acceptors (Lipinski definition) is 3. The molecule has 1 fully saturated rings. The quantitative estimate of drug-likeness (QED) is 0.855. The number of carbonyl (C=O) groups is 1. The second kappa shape index (κ2) is 7.09. The van der Waals surface area contributed by atoms with Gasteiger partial charge in [0.2, 0.25) is 5.91 Å². The van der Waals surface area contributed by atoms with Crippen LogP contribution in [0.4, 0.5) is 0 Å². The summed E-state index contributed by atoms with van der Waals surface area (Å²) in [5.74, 6) is 0.167. The Morgan fingerprint density at radius 3 is 2.41 bits per heavy atom. The summed E-state index contributed by atoms with van der Waals surface area (Å²) < 4.78 is 22.9. The monoisotopic (exact) mass is 321 g/mol. The fourth-order valence-electron chi connectivity index (χ4n) is 2.78. The van der Waals surface area contributed by atoms with Crippen molar-refractivity contribution in [3.63, 3.8) is 0 Å². The number of benzene rings is 1. The Kier molecular flexibility index (Phi) is 5.40. The highest BCUT2D eigenvalue weighted by molar-refractivity contribution is 7.91. The molecule has 0 N–H and O–H groups in total. The summed E-state index contributed by atoms with van der Waals surface area (Å²) in [7, 11) is -1.14. The Labute approximate surface area is 132 Å². The maximum absolute atomic E-state index is 12.4. The van der Waals surface area contributed by atoms with Gasteiger partial charge >= 0.3 is 0 Å². The second-order valence-corrected chi connectivity index (χ2v) is 8.33. The molecule has 1 aliphatic rings. The van der Waals surface area contributed by atoms with Crippen molar-refractivity contribution in [1.82, 2.24) is 4.90 Å². The molecule has 0 atom stereocenters. The fraction of sp³-hybridized carbons (Fsp3) is 0.471. The Bertz CT molecular complexity index is 636. The van der Waals surface area contributed by atoms with E-state index in [1.807, 2.05) is 37.3 Å². The first-order chi connectivity index (χ1) is 10.4. The average molecular weight is 321 g/mol. The highest BCUT2D eigenvalue weighted by Gasteiger charge is 2.30. The lowest BCUT2D eigenvalue weighted by molar-refractivity contribution is -0.134. The van der Waals surface area contributed by atoms with Crippen LogP contribution in [0, 0.1) is 5.92 Å². The van der Waals surface area contributed by atoms with Crippen LogP contribution in [-0.4, -0.2) is 44.3 Å². The number of hydrogen-bond donors (Lipinski definition) is 0. The van der Waals surface area contributed by atoms with E-state index >= 15 is 0 Å². The van der Waals surface area contributed by atoms with Gasteiger partial charge in [0.15, 0.2) is 0 Å². The molecular weight excluding hydrogens is 298 g/mol. The van der Waals surface area contributed by atoms with E-state index in [0.29, 0.717) is 19.4 Å². The maximum Gasteiger partial charge on any atom is 0.225 e. The first-order valence-corrected chi connectivity index (χ1v) is 9.37. The molecule has 0 unspecified atom stereocenters. The second-order valence-electron chi connectivity index (χ2n) is 6.02. The molecule has 0 saturated carbocycles. The minimum atomic E-state index is -2.92. The number of rotatable bonds is 4. The van der Waals surface area contributed by atoms with E-state index in [4.69, 9.17) is 0 Å². The van der Waals surface area contributed by atoms with E-state index in [-0.39, 0.29) is 23.3 Å². The smallest absolute Gasteiger partial charge is 0.225 e. The van der Waals surface area contributed by atoms with Crippen LogP contribution in [0.1, 0.15) is 25.3 Å². The largest absolute Gasteiger partial charge is 0.342 e. The molecule has 0 aromatic heterocycles. The number of amides is 1. The molecule has 0 aliphatic carbocycles. The van der Waals surface area contributed by atoms with Crippen LogP contribution >= 0.6 is 0 Å². The van der Waals surface area contributed by atoms with Crippen molar-refractivity contribution in [3.8, 4) is 0 Å². The van der Waals surface area contributed by atoms with Crippen molar-refractivity contribution in [2.45, 2.75) is 19.8 Å². The molecule has 4 nitrogen and oxygen atoms in total. The summed E-state index contributed by atoms with van der Waals surface area (Å²) in [5, 5.41) is 0. The van der Waals surface area contributed by atoms with Crippen LogP contribution in [0.25, 0.3) is 6.08 Å². The topological polar surface area (TPSA) is 54.5 Å². The SMILES string of the molecule is CC(=Cc1ccccc1)CN(C)C(=O)C1CCS(=O)(=O)CC1. The summed E-state index contributed by atoms with van der Waals surface area (Å²) in [6.07, 6.45) is 2.97. The molecule has 2 rings (SSSR count). The van der Waals surface area contributed by atoms with Gasteiger partial charge in [-0.1, -0.05) is 42.0 Å². The fourth-order valence-corrected chi connectivity index (χ4v) is 4.27. The molecule has 1 aromatic carbocycles. The average Bonchev–Trinajstić information content (AvgIpc) is 2.47. The van der Waals surface area contributed by atoms with Gasteiger partial charge in [-0.2, -0.15) is 0 Å². The van der Waals surface area contributed by atoms with E-state index in [0.717, 1.165) is 11.1 Å². The van der Waals surface area contributed by atoms with Crippen LogP contribution in [0.5, 0.6) is 0 Å². The van der Waals surface area contributed by atoms with E-state index in [2.05, 4.69) is 6.08 Å². The van der Waals surface area contributed by atoms with Crippen molar-refractivity contribution < 1.29 is 13.2 Å². The van der Waals surface area contributed by atoms with Crippen molar-refractivity contribution in [3.05, 3.63) is 41.5 Å². The summed E-state index contributed by atoms with van der Waals surface area (Å²) in [6, 6.07) is 9.99. The zero-order valence-electron chi connectivity index (χ0n) is 13.2. The molecule has 1 amide bonds. The van der Waals surface area contributed by atoms with Gasteiger partial charge in [0, 0.05) is 19.5 Å². The minimum Gasteiger partial charge on any atom is -0.342 e. The molecule has 5 heteroatoms. The summed E-state index contributed by atoms with van der Waals surface area (Å²) >= 11 is 0. The van der Waals surface area contributed by atoms with Gasteiger partial charge in [0.25, 0.3) is 0 Å². The maximum atomic E-state index is 12.4. The molecule has 1 heterocycles. The molecule has 0 spiro atoms. The van der Waals surface area contributed by atoms with E-state index in [9.17, 15) is 13.2 Å². The summed E-state index contributed by atoms with van der Waals surface area (Å²) in [4.78, 5) is 14.1. The van der Waals surface area contributed by atoms with E-state index < -0.39 is 9.84 Å². The molecule has 1 aromatic rings. The first-order valence-electron chi connectivity index (χ1n) is 7.55. The van der Waals surface area contributed by atoms with Crippen LogP contribution < -0.4 is 0 Å². The van der Waals surface area contributed by atoms with Crippen molar-refractivity contribution in [2.24, 2.45) is 5.92 Å². The predicted octanol–water partition coefficient (Wildman–Crippen LogP) is 2.37. The van der Waals surface area contributed by atoms with E-state index in [1.165, 1.54) is 0 Å². The highest BCUT2D eigenvalue weighted by atomic mass is 32.2. The molecular formula is C17H23NO3S. The Hall–Kier alpha value is -1.62. The molecule has 120 valence electrons. The van der Waals surface area contributed by atoms with Crippen LogP contribution in [0.2, 0.25) is 0 Å². The lowest BCUT2D eigenvalue weighted by Gasteiger charge is -2.26. The van der Waals surface area contributed by atoms with Gasteiger partial charge < -0.3 is 4.90 Å². The number of sulfone groups is 1. The molecule has 0 radical (unpaired) electrons. The number of carbonyl (C=O) groups excluding carboxylic acids is 1. The third kappa shape index (κ3) is 4.70. The Morgan fingerprint density at radius 1 is 1.23 bits per heavy atom. The Balaban J connectivity index is 1.93. The standard InChI is InChI=1S/C17H23NO3S/c1-14(12-15-6-4-3-5-7-15)13-18(2)17(19)16-8-10-22(20,21)11-9-16/h3-7,12,16H,8-11,13H2,1-2H3. The van der Waals surface area contributed by atoms with Gasteiger partial charge in [-0.05, 0) is 25.3 Å². The highest BCUT2D eigenvalue weighted by Crippen LogP contribution is 2.21. The molecule has 1 saturated heterocycles. The lowest BCUT2D eigenvalue weighted by atomic mass is 10.0. The van der Waals surface area contributed by atoms with Gasteiger partial charge in [0.05, 0.1) is 11.5 Å². The third-order valence-corrected chi connectivity index (χ3v) is 5.69. The van der Waals surface area contributed by atoms with Crippen LogP contribution in [0.3, 0.4) is 0 Å². The first kappa shape index (κ1) is 16.7. The van der Waals surface area contributed by atoms with Gasteiger partial charge in [-0.3, -0.25) is 4.79 Å². The number of likely N-dealkylation sites (N-methyl/N-ethyl adjacent to an activating group) is 1. The number of nitrogens with zero attached hydrogens (tertiary/aromatic N) is 1. The summed E-state index contributed by atoms with van der Waals surface area (Å²) in [6.45, 7) is 2.57. The van der Waals surface area contributed by atoms with Gasteiger partial charge in [0.1, 0.15) is 9.84 Å². The van der Waals surface area contributed by atoms with Gasteiger partial charge in [-0.15, -0.1) is 0 Å². The van der Waals surface area contributed by atoms with Crippen molar-refractivity contribution in [2.75, 3.05) is 25.1 Å². The van der Waals surface area contributed by atoms with Gasteiger partial charge in [-0.25, -0.2) is 8.42 Å². The van der Waals surface area contributed by atoms with E-state index in [1.54, 1.807) is 11.9 Å². The van der Waals surface area contributed by atoms with Crippen molar-refractivity contribution in [1.29, 1.82) is 0 Å². The zero-order valence-corrected chi connectivity index (χ0v) is 14.0. The third-order valence-electron chi connectivity index (χ3n) is 3.98. The molecule has 0 bridgehead atoms. The molecule has 1 aliphatic heterocycles. The Morgan fingerprint density at radius 2 is 1.82 bits per heavy atom.